The van der Waals surface area contributed by atoms with Gasteiger partial charge in [0.15, 0.2) is 0 Å². The van der Waals surface area contributed by atoms with Crippen molar-refractivity contribution in [1.82, 2.24) is 0 Å². The van der Waals surface area contributed by atoms with Crippen molar-refractivity contribution in [2.45, 2.75) is 225 Å². The molecule has 0 heterocycles. The van der Waals surface area contributed by atoms with Crippen LogP contribution in [0.5, 0.6) is 0 Å². The number of hydrogen-bond acceptors (Lipinski definition) is 4. The van der Waals surface area contributed by atoms with E-state index in [0.717, 1.165) is 77.0 Å². The molecule has 59 heavy (non-hydrogen) atoms. The molecule has 338 valence electrons. The Labute approximate surface area is 366 Å². The molecule has 0 amide bonds. The number of esters is 1. The molecule has 0 aromatic rings. The highest BCUT2D eigenvalue weighted by Crippen LogP contribution is 2.13. The van der Waals surface area contributed by atoms with Crippen LogP contribution in [-0.2, 0) is 14.3 Å². The van der Waals surface area contributed by atoms with Gasteiger partial charge in [-0.15, -0.1) is 0 Å². The number of aliphatic hydroxyl groups excluding tert-OH is 1. The minimum atomic E-state index is -0.551. The van der Waals surface area contributed by atoms with E-state index in [2.05, 4.69) is 111 Å². The summed E-state index contributed by atoms with van der Waals surface area (Å²) in [6.45, 7) is 5.20. The fraction of sp³-hybridized carbons (Fsp3) is 0.691. The Bertz CT molecular complexity index is 1090. The molecule has 0 aromatic carbocycles. The Balaban J connectivity index is 3.50. The van der Waals surface area contributed by atoms with Gasteiger partial charge in [0.05, 0.1) is 13.2 Å². The van der Waals surface area contributed by atoms with E-state index in [9.17, 15) is 9.90 Å². The standard InChI is InChI=1S/C55H94O4/c1-3-5-7-9-11-13-15-17-19-21-23-25-27-29-31-33-35-37-39-41-43-45-47-49-51-58-53-54(52-56)59-55(57)50-48-46-44-42-40-38-36-34-32-30-28-26-24-22-20-18-16-14-12-10-8-6-4-2/h6,8,12,14-15,17-18,20-21,23-24,26-27,29-30,32,54,56H,3-5,7,9-11,13,16,19,22,25,28,31,33-53H2,1-2H3/b8-6-,14-12-,17-15-,20-18-,23-21-,26-24-,29-27-,32-30-. The summed E-state index contributed by atoms with van der Waals surface area (Å²) in [6, 6.07) is 0. The molecule has 0 rings (SSSR count). The number of ether oxygens (including phenoxy) is 2. The first kappa shape index (κ1) is 56.3. The molecule has 0 spiro atoms. The summed E-state index contributed by atoms with van der Waals surface area (Å²) in [5.74, 6) is -0.216. The quantitative estimate of drug-likeness (QED) is 0.0378. The molecule has 0 radical (unpaired) electrons. The zero-order valence-corrected chi connectivity index (χ0v) is 38.7. The Morgan fingerprint density at radius 1 is 0.424 bits per heavy atom. The van der Waals surface area contributed by atoms with Crippen LogP contribution >= 0.6 is 0 Å². The Kier molecular flexibility index (Phi) is 49.1. The van der Waals surface area contributed by atoms with Gasteiger partial charge in [-0.25, -0.2) is 0 Å². The number of carbonyl (C=O) groups is 1. The van der Waals surface area contributed by atoms with Crippen molar-refractivity contribution >= 4 is 5.97 Å². The van der Waals surface area contributed by atoms with Gasteiger partial charge in [-0.05, 0) is 96.3 Å². The van der Waals surface area contributed by atoms with Crippen LogP contribution in [0.4, 0.5) is 0 Å². The molecule has 0 saturated heterocycles. The van der Waals surface area contributed by atoms with E-state index in [4.69, 9.17) is 9.47 Å². The van der Waals surface area contributed by atoms with Gasteiger partial charge in [-0.3, -0.25) is 4.79 Å². The van der Waals surface area contributed by atoms with Gasteiger partial charge in [0.2, 0.25) is 0 Å². The van der Waals surface area contributed by atoms with Crippen LogP contribution < -0.4 is 0 Å². The van der Waals surface area contributed by atoms with Crippen molar-refractivity contribution in [3.8, 4) is 0 Å². The van der Waals surface area contributed by atoms with Gasteiger partial charge < -0.3 is 14.6 Å². The van der Waals surface area contributed by atoms with E-state index in [-0.39, 0.29) is 19.2 Å². The minimum absolute atomic E-state index is 0.184. The van der Waals surface area contributed by atoms with Gasteiger partial charge in [0.25, 0.3) is 0 Å². The summed E-state index contributed by atoms with van der Waals surface area (Å²) in [5, 5.41) is 9.65. The first-order chi connectivity index (χ1) is 29.2. The fourth-order valence-electron chi connectivity index (χ4n) is 6.71. The number of hydrogen-bond donors (Lipinski definition) is 1. The van der Waals surface area contributed by atoms with E-state index in [1.165, 1.54) is 122 Å². The monoisotopic (exact) mass is 819 g/mol. The fourth-order valence-corrected chi connectivity index (χ4v) is 6.71. The lowest BCUT2D eigenvalue weighted by atomic mass is 10.1. The lowest BCUT2D eigenvalue weighted by Gasteiger charge is -2.16. The minimum Gasteiger partial charge on any atom is -0.457 e. The smallest absolute Gasteiger partial charge is 0.306 e. The second kappa shape index (κ2) is 51.5. The highest BCUT2D eigenvalue weighted by Gasteiger charge is 2.13. The normalized spacial score (nSPS) is 13.2. The molecule has 0 aliphatic heterocycles. The molecule has 1 unspecified atom stereocenters. The Morgan fingerprint density at radius 2 is 0.763 bits per heavy atom. The molecule has 0 aliphatic carbocycles. The Morgan fingerprint density at radius 3 is 1.15 bits per heavy atom. The van der Waals surface area contributed by atoms with Gasteiger partial charge in [-0.1, -0.05) is 214 Å². The van der Waals surface area contributed by atoms with Crippen molar-refractivity contribution < 1.29 is 19.4 Å². The zero-order valence-electron chi connectivity index (χ0n) is 38.7. The van der Waals surface area contributed by atoms with Crippen LogP contribution in [-0.4, -0.2) is 37.0 Å². The van der Waals surface area contributed by atoms with E-state index >= 15 is 0 Å². The van der Waals surface area contributed by atoms with Crippen molar-refractivity contribution in [2.75, 3.05) is 19.8 Å². The lowest BCUT2D eigenvalue weighted by Crippen LogP contribution is -2.27. The SMILES string of the molecule is CC/C=C\C/C=C\C/C=C\C/C=C\C/C=C\CCCCCCCCCC(=O)OC(CO)COCCCCCCCCCCC/C=C\C/C=C\C/C=C\CCCCCCC. The summed E-state index contributed by atoms with van der Waals surface area (Å²) >= 11 is 0. The molecule has 4 heteroatoms. The van der Waals surface area contributed by atoms with E-state index in [0.29, 0.717) is 13.0 Å². The molecular formula is C55H94O4. The summed E-state index contributed by atoms with van der Waals surface area (Å²) in [4.78, 5) is 12.3. The summed E-state index contributed by atoms with van der Waals surface area (Å²) in [7, 11) is 0. The van der Waals surface area contributed by atoms with Crippen molar-refractivity contribution in [2.24, 2.45) is 0 Å². The maximum absolute atomic E-state index is 12.3. The summed E-state index contributed by atoms with van der Waals surface area (Å²) in [5.41, 5.74) is 0. The second-order valence-electron chi connectivity index (χ2n) is 16.2. The number of aliphatic hydroxyl groups is 1. The molecule has 0 aromatic heterocycles. The third kappa shape index (κ3) is 49.6. The first-order valence-electron chi connectivity index (χ1n) is 24.8. The number of carbonyl (C=O) groups excluding carboxylic acids is 1. The third-order valence-electron chi connectivity index (χ3n) is 10.4. The highest BCUT2D eigenvalue weighted by molar-refractivity contribution is 5.69. The lowest BCUT2D eigenvalue weighted by molar-refractivity contribution is -0.154. The molecule has 0 saturated carbocycles. The average molecular weight is 819 g/mol. The van der Waals surface area contributed by atoms with Crippen molar-refractivity contribution in [3.63, 3.8) is 0 Å². The van der Waals surface area contributed by atoms with E-state index < -0.39 is 6.10 Å². The van der Waals surface area contributed by atoms with Crippen LogP contribution in [0.1, 0.15) is 219 Å². The second-order valence-corrected chi connectivity index (χ2v) is 16.2. The van der Waals surface area contributed by atoms with Crippen LogP contribution in [0.3, 0.4) is 0 Å². The Hall–Kier alpha value is -2.69. The molecular weight excluding hydrogens is 725 g/mol. The van der Waals surface area contributed by atoms with Gasteiger partial charge in [0.1, 0.15) is 6.10 Å². The molecule has 1 atom stereocenters. The van der Waals surface area contributed by atoms with Crippen molar-refractivity contribution in [1.29, 1.82) is 0 Å². The molecule has 1 N–H and O–H groups in total. The topological polar surface area (TPSA) is 55.8 Å². The van der Waals surface area contributed by atoms with Crippen molar-refractivity contribution in [3.05, 3.63) is 97.2 Å². The first-order valence-corrected chi connectivity index (χ1v) is 24.8. The number of unbranched alkanes of at least 4 members (excludes halogenated alkanes) is 21. The largest absolute Gasteiger partial charge is 0.457 e. The molecule has 0 bridgehead atoms. The predicted molar refractivity (Wildman–Crippen MR) is 260 cm³/mol. The maximum Gasteiger partial charge on any atom is 0.306 e. The summed E-state index contributed by atoms with van der Waals surface area (Å²) < 4.78 is 11.2. The molecule has 4 nitrogen and oxygen atoms in total. The van der Waals surface area contributed by atoms with Crippen LogP contribution in [0.25, 0.3) is 0 Å². The maximum atomic E-state index is 12.3. The van der Waals surface area contributed by atoms with Gasteiger partial charge in [0, 0.05) is 13.0 Å². The zero-order chi connectivity index (χ0) is 42.6. The van der Waals surface area contributed by atoms with Gasteiger partial charge >= 0.3 is 5.97 Å². The highest BCUT2D eigenvalue weighted by atomic mass is 16.6. The van der Waals surface area contributed by atoms with Gasteiger partial charge in [-0.2, -0.15) is 0 Å². The van der Waals surface area contributed by atoms with E-state index in [1.807, 2.05) is 0 Å². The number of rotatable bonds is 45. The van der Waals surface area contributed by atoms with Crippen LogP contribution in [0, 0.1) is 0 Å². The average Bonchev–Trinajstić information content (AvgIpc) is 3.24. The van der Waals surface area contributed by atoms with Crippen LogP contribution in [0.15, 0.2) is 97.2 Å². The number of allylic oxidation sites excluding steroid dienone is 16. The third-order valence-corrected chi connectivity index (χ3v) is 10.4. The van der Waals surface area contributed by atoms with Crippen LogP contribution in [0.2, 0.25) is 0 Å². The summed E-state index contributed by atoms with van der Waals surface area (Å²) in [6.07, 6.45) is 73.4. The molecule has 0 aliphatic rings. The molecule has 0 fully saturated rings. The predicted octanol–water partition coefficient (Wildman–Crippen LogP) is 16.9. The van der Waals surface area contributed by atoms with E-state index in [1.54, 1.807) is 0 Å².